The predicted molar refractivity (Wildman–Crippen MR) is 114 cm³/mol. The second-order valence-electron chi connectivity index (χ2n) is 6.33. The van der Waals surface area contributed by atoms with Crippen molar-refractivity contribution >= 4 is 63.3 Å². The predicted octanol–water partition coefficient (Wildman–Crippen LogP) is 2.93. The lowest BCUT2D eigenvalue weighted by Gasteiger charge is -2.12. The van der Waals surface area contributed by atoms with Gasteiger partial charge in [-0.05, 0) is 64.8 Å². The number of sulfone groups is 1. The van der Waals surface area contributed by atoms with Crippen molar-refractivity contribution in [1.82, 2.24) is 5.32 Å². The summed E-state index contributed by atoms with van der Waals surface area (Å²) in [7, 11) is -6.91. The first kappa shape index (κ1) is 21.3. The van der Waals surface area contributed by atoms with Crippen molar-refractivity contribution in [2.45, 2.75) is 17.4 Å². The Morgan fingerprint density at radius 1 is 1.07 bits per heavy atom. The average molecular weight is 552 g/mol. The first-order valence-corrected chi connectivity index (χ1v) is 13.0. The summed E-state index contributed by atoms with van der Waals surface area (Å²) in [6, 6.07) is 10.3. The van der Waals surface area contributed by atoms with E-state index < -0.39 is 31.8 Å². The number of hydrogen-bond donors (Lipinski definition) is 2. The molecular formula is C17H16Br2N2O5S2. The van der Waals surface area contributed by atoms with Gasteiger partial charge in [-0.2, -0.15) is 0 Å². The van der Waals surface area contributed by atoms with Crippen LogP contribution in [-0.4, -0.2) is 40.3 Å². The molecule has 1 saturated heterocycles. The van der Waals surface area contributed by atoms with Crippen molar-refractivity contribution in [1.29, 1.82) is 0 Å². The second-order valence-corrected chi connectivity index (χ2v) is 12.0. The molecule has 3 rings (SSSR count). The van der Waals surface area contributed by atoms with E-state index in [-0.39, 0.29) is 16.4 Å². The monoisotopic (exact) mass is 550 g/mol. The highest BCUT2D eigenvalue weighted by molar-refractivity contribution is 9.11. The van der Waals surface area contributed by atoms with E-state index in [9.17, 15) is 21.6 Å². The molecule has 1 amide bonds. The summed E-state index contributed by atoms with van der Waals surface area (Å²) >= 11 is 6.47. The molecule has 0 unspecified atom stereocenters. The van der Waals surface area contributed by atoms with Gasteiger partial charge in [-0.25, -0.2) is 16.8 Å². The van der Waals surface area contributed by atoms with Gasteiger partial charge in [0, 0.05) is 26.2 Å². The second kappa shape index (κ2) is 8.13. The van der Waals surface area contributed by atoms with Crippen LogP contribution in [0, 0.1) is 0 Å². The van der Waals surface area contributed by atoms with Gasteiger partial charge in [0.2, 0.25) is 0 Å². The minimum atomic E-state index is -3.83. The number of carbonyl (C=O) groups excluding carboxylic acids is 1. The Morgan fingerprint density at radius 2 is 1.75 bits per heavy atom. The van der Waals surface area contributed by atoms with E-state index in [0.717, 1.165) is 0 Å². The third-order valence-electron chi connectivity index (χ3n) is 4.15. The maximum absolute atomic E-state index is 12.6. The van der Waals surface area contributed by atoms with Crippen molar-refractivity contribution in [3.63, 3.8) is 0 Å². The molecule has 0 radical (unpaired) electrons. The highest BCUT2D eigenvalue weighted by Gasteiger charge is 2.29. The SMILES string of the molecule is O=C(N[C@@H]1CCS(=O)(=O)C1)c1ccc(NS(=O)(=O)c2cc(Br)ccc2Br)cc1. The van der Waals surface area contributed by atoms with Gasteiger partial charge in [-0.3, -0.25) is 9.52 Å². The molecule has 1 aliphatic rings. The Balaban J connectivity index is 1.70. The van der Waals surface area contributed by atoms with E-state index in [4.69, 9.17) is 0 Å². The number of rotatable bonds is 5. The van der Waals surface area contributed by atoms with Crippen LogP contribution >= 0.6 is 31.9 Å². The number of carbonyl (C=O) groups is 1. The number of hydrogen-bond acceptors (Lipinski definition) is 5. The third kappa shape index (κ3) is 5.13. The molecule has 0 aromatic heterocycles. The molecule has 28 heavy (non-hydrogen) atoms. The standard InChI is InChI=1S/C17H16Br2N2O5S2/c18-12-3-6-15(19)16(9-12)28(25,26)21-13-4-1-11(2-5-13)17(22)20-14-7-8-27(23,24)10-14/h1-6,9,14,21H,7-8,10H2,(H,20,22)/t14-/m1/s1. The third-order valence-corrected chi connectivity index (χ3v) is 8.79. The Bertz CT molecular complexity index is 1120. The summed E-state index contributed by atoms with van der Waals surface area (Å²) < 4.78 is 51.6. The molecule has 150 valence electrons. The van der Waals surface area contributed by atoms with Crippen molar-refractivity contribution in [3.05, 3.63) is 57.0 Å². The van der Waals surface area contributed by atoms with Crippen LogP contribution in [0.5, 0.6) is 0 Å². The number of halogens is 2. The molecule has 0 spiro atoms. The van der Waals surface area contributed by atoms with Crippen LogP contribution in [0.15, 0.2) is 56.3 Å². The van der Waals surface area contributed by atoms with E-state index in [0.29, 0.717) is 26.6 Å². The summed E-state index contributed by atoms with van der Waals surface area (Å²) in [6.07, 6.45) is 0.396. The molecular weight excluding hydrogens is 536 g/mol. The fourth-order valence-corrected chi connectivity index (χ4v) is 7.00. The van der Waals surface area contributed by atoms with Crippen LogP contribution in [0.3, 0.4) is 0 Å². The number of nitrogens with one attached hydrogen (secondary N) is 2. The number of sulfonamides is 1. The normalized spacial score (nSPS) is 18.6. The Hall–Kier alpha value is -1.43. The van der Waals surface area contributed by atoms with Gasteiger partial charge in [0.05, 0.1) is 11.5 Å². The van der Waals surface area contributed by atoms with Gasteiger partial charge in [0.1, 0.15) is 4.90 Å². The van der Waals surface area contributed by atoms with Gasteiger partial charge >= 0.3 is 0 Å². The Kier molecular flexibility index (Phi) is 6.18. The largest absolute Gasteiger partial charge is 0.348 e. The van der Waals surface area contributed by atoms with Crippen molar-refractivity contribution < 1.29 is 21.6 Å². The first-order valence-electron chi connectivity index (χ1n) is 8.15. The number of anilines is 1. The van der Waals surface area contributed by atoms with Crippen molar-refractivity contribution in [3.8, 4) is 0 Å². The van der Waals surface area contributed by atoms with E-state index in [1.54, 1.807) is 12.1 Å². The minimum Gasteiger partial charge on any atom is -0.348 e. The van der Waals surface area contributed by atoms with Gasteiger partial charge in [-0.1, -0.05) is 15.9 Å². The fraction of sp³-hybridized carbons (Fsp3) is 0.235. The van der Waals surface area contributed by atoms with Gasteiger partial charge < -0.3 is 5.32 Å². The average Bonchev–Trinajstić information content (AvgIpc) is 2.95. The molecule has 2 aromatic rings. The summed E-state index contributed by atoms with van der Waals surface area (Å²) in [6.45, 7) is 0. The van der Waals surface area contributed by atoms with Crippen molar-refractivity contribution in [2.75, 3.05) is 16.2 Å². The molecule has 0 bridgehead atoms. The van der Waals surface area contributed by atoms with E-state index >= 15 is 0 Å². The Morgan fingerprint density at radius 3 is 2.36 bits per heavy atom. The molecule has 0 saturated carbocycles. The van der Waals surface area contributed by atoms with Crippen molar-refractivity contribution in [2.24, 2.45) is 0 Å². The van der Waals surface area contributed by atoms with Gasteiger partial charge in [-0.15, -0.1) is 0 Å². The lowest BCUT2D eigenvalue weighted by atomic mass is 10.1. The van der Waals surface area contributed by atoms with E-state index in [1.807, 2.05) is 0 Å². The molecule has 2 aromatic carbocycles. The summed E-state index contributed by atoms with van der Waals surface area (Å²) in [5.41, 5.74) is 0.614. The van der Waals surface area contributed by atoms with E-state index in [1.165, 1.54) is 30.3 Å². The zero-order valence-electron chi connectivity index (χ0n) is 14.4. The summed E-state index contributed by atoms with van der Waals surface area (Å²) in [5, 5.41) is 2.69. The lowest BCUT2D eigenvalue weighted by molar-refractivity contribution is 0.0941. The first-order chi connectivity index (χ1) is 13.1. The topological polar surface area (TPSA) is 109 Å². The van der Waals surface area contributed by atoms with Crippen LogP contribution in [0.25, 0.3) is 0 Å². The Labute approximate surface area is 180 Å². The summed E-state index contributed by atoms with van der Waals surface area (Å²) in [4.78, 5) is 12.3. The van der Waals surface area contributed by atoms with Crippen LogP contribution in [0.1, 0.15) is 16.8 Å². The number of benzene rings is 2. The van der Waals surface area contributed by atoms with Crippen LogP contribution < -0.4 is 10.0 Å². The van der Waals surface area contributed by atoms with Crippen LogP contribution in [0.2, 0.25) is 0 Å². The molecule has 2 N–H and O–H groups in total. The molecule has 1 heterocycles. The van der Waals surface area contributed by atoms with Gasteiger partial charge in [0.25, 0.3) is 15.9 Å². The molecule has 1 atom stereocenters. The van der Waals surface area contributed by atoms with Gasteiger partial charge in [0.15, 0.2) is 9.84 Å². The maximum atomic E-state index is 12.6. The molecule has 7 nitrogen and oxygen atoms in total. The van der Waals surface area contributed by atoms with E-state index in [2.05, 4.69) is 41.9 Å². The molecule has 1 fully saturated rings. The van der Waals surface area contributed by atoms with Crippen LogP contribution in [-0.2, 0) is 19.9 Å². The molecule has 0 aliphatic carbocycles. The highest BCUT2D eigenvalue weighted by atomic mass is 79.9. The smallest absolute Gasteiger partial charge is 0.263 e. The minimum absolute atomic E-state index is 0.0574. The zero-order chi connectivity index (χ0) is 20.5. The lowest BCUT2D eigenvalue weighted by Crippen LogP contribution is -2.35. The fourth-order valence-electron chi connectivity index (χ4n) is 2.76. The quantitative estimate of drug-likeness (QED) is 0.593. The number of amides is 1. The molecule has 1 aliphatic heterocycles. The summed E-state index contributed by atoms with van der Waals surface area (Å²) in [5.74, 6) is -0.381. The molecule has 11 heteroatoms. The maximum Gasteiger partial charge on any atom is 0.263 e. The van der Waals surface area contributed by atoms with Crippen LogP contribution in [0.4, 0.5) is 5.69 Å². The zero-order valence-corrected chi connectivity index (χ0v) is 19.2. The highest BCUT2D eigenvalue weighted by Crippen LogP contribution is 2.27.